The van der Waals surface area contributed by atoms with E-state index in [9.17, 15) is 0 Å². The van der Waals surface area contributed by atoms with Crippen LogP contribution in [0.2, 0.25) is 0 Å². The van der Waals surface area contributed by atoms with Crippen molar-refractivity contribution in [2.45, 2.75) is 129 Å². The van der Waals surface area contributed by atoms with Crippen LogP contribution in [-0.4, -0.2) is 0 Å². The number of hydrogen-bond acceptors (Lipinski definition) is 0. The largest absolute Gasteiger partial charge is 0.0839 e. The monoisotopic (exact) mass is 436 g/mol. The maximum Gasteiger partial charge on any atom is -0.0260 e. The summed E-state index contributed by atoms with van der Waals surface area (Å²) in [5.41, 5.74) is 2.87. The van der Waals surface area contributed by atoms with E-state index in [2.05, 4.69) is 50.3 Å². The van der Waals surface area contributed by atoms with E-state index in [1.165, 1.54) is 101 Å². The van der Waals surface area contributed by atoms with Crippen LogP contribution in [0, 0.1) is 23.7 Å². The van der Waals surface area contributed by atoms with E-state index < -0.39 is 0 Å². The lowest BCUT2D eigenvalue weighted by Gasteiger charge is -2.38. The Morgan fingerprint density at radius 2 is 1.22 bits per heavy atom. The Morgan fingerprint density at radius 1 is 0.656 bits per heavy atom. The molecule has 1 aromatic rings. The van der Waals surface area contributed by atoms with Crippen LogP contribution < -0.4 is 0 Å². The second kappa shape index (κ2) is 15.0. The molecule has 0 aromatic heterocycles. The third-order valence-electron chi connectivity index (χ3n) is 8.77. The van der Waals surface area contributed by atoms with Crippen LogP contribution in [0.25, 0.3) is 6.08 Å². The van der Waals surface area contributed by atoms with Crippen molar-refractivity contribution in [3.8, 4) is 0 Å². The zero-order valence-corrected chi connectivity index (χ0v) is 21.5. The van der Waals surface area contributed by atoms with E-state index in [0.29, 0.717) is 0 Å². The first-order chi connectivity index (χ1) is 15.8. The first-order valence-corrected chi connectivity index (χ1v) is 14.5. The van der Waals surface area contributed by atoms with Gasteiger partial charge in [-0.1, -0.05) is 114 Å². The summed E-state index contributed by atoms with van der Waals surface area (Å²) < 4.78 is 0. The Labute approximate surface area is 200 Å². The Balaban J connectivity index is 1.27. The molecule has 0 saturated heterocycles. The van der Waals surface area contributed by atoms with E-state index in [1.54, 1.807) is 25.7 Å². The van der Waals surface area contributed by atoms with Crippen molar-refractivity contribution in [1.29, 1.82) is 0 Å². The van der Waals surface area contributed by atoms with Gasteiger partial charge in [-0.25, -0.2) is 0 Å². The molecule has 3 rings (SSSR count). The molecule has 32 heavy (non-hydrogen) atoms. The molecule has 0 bridgehead atoms. The molecule has 0 atom stereocenters. The summed E-state index contributed by atoms with van der Waals surface area (Å²) in [6.45, 7) is 4.61. The SMILES string of the molecule is CCCCCc1ccc(C=CCCC2CCC(C3CCC(CCCCC)CC3)CC2)cc1. The molecule has 2 aliphatic carbocycles. The molecule has 1 aromatic carbocycles. The third-order valence-corrected chi connectivity index (χ3v) is 8.77. The fourth-order valence-electron chi connectivity index (χ4n) is 6.51. The van der Waals surface area contributed by atoms with Crippen molar-refractivity contribution in [2.75, 3.05) is 0 Å². The molecule has 0 heteroatoms. The van der Waals surface area contributed by atoms with E-state index >= 15 is 0 Å². The summed E-state index contributed by atoms with van der Waals surface area (Å²) in [5.74, 6) is 4.19. The summed E-state index contributed by atoms with van der Waals surface area (Å²) in [6.07, 6.45) is 30.7. The first kappa shape index (κ1) is 25.6. The van der Waals surface area contributed by atoms with Gasteiger partial charge >= 0.3 is 0 Å². The van der Waals surface area contributed by atoms with Gasteiger partial charge in [0.1, 0.15) is 0 Å². The highest BCUT2D eigenvalue weighted by Gasteiger charge is 2.30. The molecule has 0 aliphatic heterocycles. The Hall–Kier alpha value is -1.04. The smallest absolute Gasteiger partial charge is 0.0260 e. The van der Waals surface area contributed by atoms with Crippen molar-refractivity contribution >= 4 is 6.08 Å². The van der Waals surface area contributed by atoms with Crippen LogP contribution in [0.3, 0.4) is 0 Å². The van der Waals surface area contributed by atoms with Crippen molar-refractivity contribution < 1.29 is 0 Å². The lowest BCUT2D eigenvalue weighted by Crippen LogP contribution is -2.25. The third kappa shape index (κ3) is 9.07. The van der Waals surface area contributed by atoms with Crippen molar-refractivity contribution in [1.82, 2.24) is 0 Å². The highest BCUT2D eigenvalue weighted by molar-refractivity contribution is 5.49. The standard InChI is InChI=1S/C32H52/c1-3-5-7-11-27-15-17-28(18-16-27)13-9-10-14-30-21-25-32(26-22-30)31-23-19-29(20-24-31)12-8-6-4-2/h9,13,15-18,29-32H,3-8,10-12,14,19-26H2,1-2H3. The second-order valence-corrected chi connectivity index (χ2v) is 11.2. The quantitative estimate of drug-likeness (QED) is 0.270. The molecular weight excluding hydrogens is 384 g/mol. The van der Waals surface area contributed by atoms with Gasteiger partial charge in [0.25, 0.3) is 0 Å². The average Bonchev–Trinajstić information content (AvgIpc) is 2.84. The van der Waals surface area contributed by atoms with Gasteiger partial charge in [-0.2, -0.15) is 0 Å². The number of hydrogen-bond donors (Lipinski definition) is 0. The van der Waals surface area contributed by atoms with E-state index in [4.69, 9.17) is 0 Å². The minimum absolute atomic E-state index is 0.988. The Kier molecular flexibility index (Phi) is 12.0. The van der Waals surface area contributed by atoms with Gasteiger partial charge in [0.2, 0.25) is 0 Å². The van der Waals surface area contributed by atoms with Crippen LogP contribution in [0.1, 0.15) is 134 Å². The van der Waals surface area contributed by atoms with Crippen LogP contribution in [0.15, 0.2) is 30.3 Å². The second-order valence-electron chi connectivity index (χ2n) is 11.2. The van der Waals surface area contributed by atoms with Crippen molar-refractivity contribution in [3.05, 3.63) is 41.5 Å². The van der Waals surface area contributed by atoms with Gasteiger partial charge in [0.15, 0.2) is 0 Å². The maximum atomic E-state index is 2.43. The molecule has 180 valence electrons. The summed E-state index contributed by atoms with van der Waals surface area (Å²) >= 11 is 0. The highest BCUT2D eigenvalue weighted by atomic mass is 14.4. The van der Waals surface area contributed by atoms with Crippen molar-refractivity contribution in [2.24, 2.45) is 23.7 Å². The maximum absolute atomic E-state index is 2.43. The van der Waals surface area contributed by atoms with E-state index in [1.807, 2.05) is 0 Å². The van der Waals surface area contributed by atoms with Gasteiger partial charge < -0.3 is 0 Å². The lowest BCUT2D eigenvalue weighted by atomic mass is 9.68. The Morgan fingerprint density at radius 3 is 1.81 bits per heavy atom. The Bertz CT molecular complexity index is 608. The molecule has 0 amide bonds. The topological polar surface area (TPSA) is 0 Å². The van der Waals surface area contributed by atoms with Gasteiger partial charge in [0.05, 0.1) is 0 Å². The molecular formula is C32H52. The van der Waals surface area contributed by atoms with Crippen molar-refractivity contribution in [3.63, 3.8) is 0 Å². The molecule has 0 radical (unpaired) electrons. The molecule has 2 aliphatic rings. The van der Waals surface area contributed by atoms with Crippen LogP contribution in [0.5, 0.6) is 0 Å². The summed E-state index contributed by atoms with van der Waals surface area (Å²) in [4.78, 5) is 0. The number of allylic oxidation sites excluding steroid dienone is 1. The van der Waals surface area contributed by atoms with Gasteiger partial charge in [0, 0.05) is 0 Å². The van der Waals surface area contributed by atoms with Crippen LogP contribution >= 0.6 is 0 Å². The van der Waals surface area contributed by atoms with Gasteiger partial charge in [-0.05, 0) is 86.2 Å². The zero-order valence-electron chi connectivity index (χ0n) is 21.5. The number of rotatable bonds is 13. The fourth-order valence-corrected chi connectivity index (χ4v) is 6.51. The molecule has 0 N–H and O–H groups in total. The molecule has 2 fully saturated rings. The van der Waals surface area contributed by atoms with Gasteiger partial charge in [-0.15, -0.1) is 0 Å². The minimum atomic E-state index is 0.988. The van der Waals surface area contributed by atoms with Gasteiger partial charge in [-0.3, -0.25) is 0 Å². The normalized spacial score (nSPS) is 26.6. The predicted molar refractivity (Wildman–Crippen MR) is 143 cm³/mol. The number of unbranched alkanes of at least 4 members (excludes halogenated alkanes) is 4. The first-order valence-electron chi connectivity index (χ1n) is 14.5. The van der Waals surface area contributed by atoms with Crippen LogP contribution in [0.4, 0.5) is 0 Å². The van der Waals surface area contributed by atoms with E-state index in [0.717, 1.165) is 23.7 Å². The summed E-state index contributed by atoms with van der Waals surface area (Å²) in [7, 11) is 0. The summed E-state index contributed by atoms with van der Waals surface area (Å²) in [6, 6.07) is 9.27. The lowest BCUT2D eigenvalue weighted by molar-refractivity contribution is 0.140. The highest BCUT2D eigenvalue weighted by Crippen LogP contribution is 2.43. The minimum Gasteiger partial charge on any atom is -0.0839 e. The average molecular weight is 437 g/mol. The fraction of sp³-hybridized carbons (Fsp3) is 0.750. The predicted octanol–water partition coefficient (Wildman–Crippen LogP) is 10.4. The van der Waals surface area contributed by atoms with Crippen LogP contribution in [-0.2, 0) is 6.42 Å². The molecule has 2 saturated carbocycles. The number of aryl methyl sites for hydroxylation is 1. The molecule has 0 spiro atoms. The molecule has 0 heterocycles. The van der Waals surface area contributed by atoms with E-state index in [-0.39, 0.29) is 0 Å². The zero-order chi connectivity index (χ0) is 22.4. The summed E-state index contributed by atoms with van der Waals surface area (Å²) in [5, 5.41) is 0. The molecule has 0 unspecified atom stereocenters. The molecule has 0 nitrogen and oxygen atoms in total. The number of benzene rings is 1.